The van der Waals surface area contributed by atoms with Crippen molar-refractivity contribution in [1.29, 1.82) is 0 Å². The summed E-state index contributed by atoms with van der Waals surface area (Å²) >= 11 is 0. The van der Waals surface area contributed by atoms with E-state index in [4.69, 9.17) is 9.47 Å². The molecule has 0 radical (unpaired) electrons. The summed E-state index contributed by atoms with van der Waals surface area (Å²) in [7, 11) is -4.11. The lowest BCUT2D eigenvalue weighted by Crippen LogP contribution is -2.54. The molecule has 2 aromatic rings. The smallest absolute Gasteiger partial charge is 0.325 e. The summed E-state index contributed by atoms with van der Waals surface area (Å²) in [6, 6.07) is 13.9. The number of carbonyl (C=O) groups is 1. The quantitative estimate of drug-likeness (QED) is 0.419. The van der Waals surface area contributed by atoms with Gasteiger partial charge in [0.25, 0.3) is 0 Å². The molecule has 2 aliphatic heterocycles. The van der Waals surface area contributed by atoms with Crippen molar-refractivity contribution in [3.8, 4) is 23.3 Å². The molecule has 2 saturated heterocycles. The minimum absolute atomic E-state index is 0.0110. The van der Waals surface area contributed by atoms with Crippen LogP contribution < -0.4 is 9.47 Å². The fourth-order valence-corrected chi connectivity index (χ4v) is 7.12. The summed E-state index contributed by atoms with van der Waals surface area (Å²) in [4.78, 5) is 16.9. The summed E-state index contributed by atoms with van der Waals surface area (Å²) < 4.78 is 36.6. The van der Waals surface area contributed by atoms with Crippen LogP contribution in [0.3, 0.4) is 0 Å². The van der Waals surface area contributed by atoms with Crippen LogP contribution in [-0.2, 0) is 21.2 Å². The second-order valence-electron chi connectivity index (χ2n) is 10.2. The Hall–Kier alpha value is -3.06. The van der Waals surface area contributed by atoms with E-state index in [9.17, 15) is 18.3 Å². The van der Waals surface area contributed by atoms with Gasteiger partial charge in [0, 0.05) is 26.2 Å². The molecule has 210 valence electrons. The molecule has 39 heavy (non-hydrogen) atoms. The second-order valence-corrected chi connectivity index (χ2v) is 12.4. The normalized spacial score (nSPS) is 18.1. The average molecular weight is 555 g/mol. The Labute approximate surface area is 231 Å². The van der Waals surface area contributed by atoms with E-state index in [0.29, 0.717) is 32.0 Å². The first-order chi connectivity index (χ1) is 18.8. The van der Waals surface area contributed by atoms with Crippen LogP contribution in [-0.4, -0.2) is 80.0 Å². The van der Waals surface area contributed by atoms with Crippen molar-refractivity contribution in [2.24, 2.45) is 0 Å². The van der Waals surface area contributed by atoms with Gasteiger partial charge in [-0.3, -0.25) is 14.6 Å². The van der Waals surface area contributed by atoms with Gasteiger partial charge in [-0.25, -0.2) is 8.42 Å². The average Bonchev–Trinajstić information content (AvgIpc) is 2.95. The molecule has 2 aliphatic rings. The van der Waals surface area contributed by atoms with E-state index in [1.807, 2.05) is 24.3 Å². The van der Waals surface area contributed by atoms with E-state index in [0.717, 1.165) is 30.9 Å². The highest BCUT2D eigenvalue weighted by Crippen LogP contribution is 2.37. The highest BCUT2D eigenvalue weighted by molar-refractivity contribution is 7.93. The van der Waals surface area contributed by atoms with Crippen molar-refractivity contribution in [3.05, 3.63) is 54.1 Å². The first kappa shape index (κ1) is 28.9. The number of aliphatic carboxylic acids is 1. The lowest BCUT2D eigenvalue weighted by molar-refractivity contribution is -0.141. The first-order valence-electron chi connectivity index (χ1n) is 13.6. The molecule has 8 nitrogen and oxygen atoms in total. The standard InChI is InChI=1S/C30H38N2O6S/c1-2-3-22-37-27-11-13-28(14-12-27)39(35,36)30(29(33)34)15-19-32(20-16-30)24-25-7-9-26(10-8-25)38-23-21-31-17-5-4-6-18-31/h7-14H,4-6,15-24H2,1H3,(H,33,34). The first-order valence-corrected chi connectivity index (χ1v) is 15.1. The van der Waals surface area contributed by atoms with Crippen molar-refractivity contribution in [3.63, 3.8) is 0 Å². The van der Waals surface area contributed by atoms with E-state index in [2.05, 4.69) is 21.6 Å². The monoisotopic (exact) mass is 554 g/mol. The predicted octanol–water partition coefficient (Wildman–Crippen LogP) is 3.85. The fourth-order valence-electron chi connectivity index (χ4n) is 5.23. The highest BCUT2D eigenvalue weighted by atomic mass is 32.2. The number of benzene rings is 2. The molecule has 1 N–H and O–H groups in total. The topological polar surface area (TPSA) is 96.4 Å². The summed E-state index contributed by atoms with van der Waals surface area (Å²) in [5, 5.41) is 10.1. The summed E-state index contributed by atoms with van der Waals surface area (Å²) in [5.41, 5.74) is 1.08. The zero-order chi connectivity index (χ0) is 27.7. The van der Waals surface area contributed by atoms with E-state index < -0.39 is 20.6 Å². The Morgan fingerprint density at radius 2 is 1.51 bits per heavy atom. The van der Waals surface area contributed by atoms with Gasteiger partial charge in [0.05, 0.1) is 4.90 Å². The molecule has 9 heteroatoms. The van der Waals surface area contributed by atoms with Crippen molar-refractivity contribution < 1.29 is 27.8 Å². The highest BCUT2D eigenvalue weighted by Gasteiger charge is 2.53. The number of nitrogens with zero attached hydrogens (tertiary/aromatic N) is 2. The number of hydrogen-bond donors (Lipinski definition) is 1. The van der Waals surface area contributed by atoms with Crippen molar-refractivity contribution in [2.75, 3.05) is 45.9 Å². The molecular weight excluding hydrogens is 516 g/mol. The SMILES string of the molecule is CC#CCOc1ccc(S(=O)(=O)C2(C(=O)O)CCN(Cc3ccc(OCCN4CCCCC4)cc3)CC2)cc1. The third-order valence-electron chi connectivity index (χ3n) is 7.64. The van der Waals surface area contributed by atoms with Crippen LogP contribution >= 0.6 is 0 Å². The maximum absolute atomic E-state index is 13.5. The Balaban J connectivity index is 1.32. The van der Waals surface area contributed by atoms with Gasteiger partial charge in [-0.15, -0.1) is 5.92 Å². The maximum Gasteiger partial charge on any atom is 0.325 e. The minimum Gasteiger partial charge on any atom is -0.492 e. The molecule has 4 rings (SSSR count). The largest absolute Gasteiger partial charge is 0.492 e. The van der Waals surface area contributed by atoms with Crippen molar-refractivity contribution in [1.82, 2.24) is 9.80 Å². The molecule has 0 saturated carbocycles. The Morgan fingerprint density at radius 3 is 2.13 bits per heavy atom. The molecular formula is C30H38N2O6S. The molecule has 2 heterocycles. The molecule has 0 aromatic heterocycles. The molecule has 0 spiro atoms. The molecule has 0 atom stereocenters. The van der Waals surface area contributed by atoms with E-state index >= 15 is 0 Å². The molecule has 0 aliphatic carbocycles. The van der Waals surface area contributed by atoms with E-state index in [1.54, 1.807) is 6.92 Å². The van der Waals surface area contributed by atoms with Gasteiger partial charge in [0.2, 0.25) is 0 Å². The third-order valence-corrected chi connectivity index (χ3v) is 10.1. The van der Waals surface area contributed by atoms with E-state index in [1.165, 1.54) is 43.5 Å². The van der Waals surface area contributed by atoms with Gasteiger partial charge in [0.15, 0.2) is 14.6 Å². The molecule has 0 amide bonds. The number of piperidine rings is 2. The fraction of sp³-hybridized carbons (Fsp3) is 0.500. The number of rotatable bonds is 11. The second kappa shape index (κ2) is 13.3. The minimum atomic E-state index is -4.11. The molecule has 0 unspecified atom stereocenters. The molecule has 2 aromatic carbocycles. The third kappa shape index (κ3) is 7.13. The number of hydrogen-bond acceptors (Lipinski definition) is 7. The van der Waals surface area contributed by atoms with Crippen LogP contribution in [0.4, 0.5) is 0 Å². The van der Waals surface area contributed by atoms with Crippen LogP contribution in [0, 0.1) is 11.8 Å². The van der Waals surface area contributed by atoms with Gasteiger partial charge < -0.3 is 14.6 Å². The van der Waals surface area contributed by atoms with Crippen molar-refractivity contribution in [2.45, 2.75) is 55.2 Å². The number of carboxylic acids is 1. The lowest BCUT2D eigenvalue weighted by Gasteiger charge is -2.38. The Morgan fingerprint density at radius 1 is 0.897 bits per heavy atom. The lowest BCUT2D eigenvalue weighted by atomic mass is 9.95. The number of sulfone groups is 1. The van der Waals surface area contributed by atoms with Crippen LogP contribution in [0.25, 0.3) is 0 Å². The van der Waals surface area contributed by atoms with Crippen LogP contribution in [0.2, 0.25) is 0 Å². The van der Waals surface area contributed by atoms with Crippen LogP contribution in [0.1, 0.15) is 44.6 Å². The molecule has 0 bridgehead atoms. The number of ether oxygens (including phenoxy) is 2. The maximum atomic E-state index is 13.5. The zero-order valence-electron chi connectivity index (χ0n) is 22.6. The number of likely N-dealkylation sites (tertiary alicyclic amines) is 2. The van der Waals surface area contributed by atoms with Crippen LogP contribution in [0.15, 0.2) is 53.4 Å². The van der Waals surface area contributed by atoms with Crippen LogP contribution in [0.5, 0.6) is 11.5 Å². The van der Waals surface area contributed by atoms with Gasteiger partial charge >= 0.3 is 5.97 Å². The predicted molar refractivity (Wildman–Crippen MR) is 150 cm³/mol. The molecule has 2 fully saturated rings. The number of carboxylic acid groups (broad SMARTS) is 1. The van der Waals surface area contributed by atoms with E-state index in [-0.39, 0.29) is 24.3 Å². The Bertz CT molecular complexity index is 1250. The van der Waals surface area contributed by atoms with Gasteiger partial charge in [-0.2, -0.15) is 0 Å². The summed E-state index contributed by atoms with van der Waals surface area (Å²) in [5.74, 6) is 5.52. The van der Waals surface area contributed by atoms with Gasteiger partial charge in [-0.1, -0.05) is 24.5 Å². The van der Waals surface area contributed by atoms with Gasteiger partial charge in [-0.05, 0) is 87.7 Å². The van der Waals surface area contributed by atoms with Crippen molar-refractivity contribution >= 4 is 15.8 Å². The zero-order valence-corrected chi connectivity index (χ0v) is 23.4. The summed E-state index contributed by atoms with van der Waals surface area (Å²) in [6.07, 6.45) is 3.90. The van der Waals surface area contributed by atoms with Gasteiger partial charge in [0.1, 0.15) is 24.7 Å². The summed E-state index contributed by atoms with van der Waals surface area (Å²) in [6.45, 7) is 7.18. The Kier molecular flexibility index (Phi) is 9.89.